The summed E-state index contributed by atoms with van der Waals surface area (Å²) >= 11 is 0. The molecule has 0 amide bonds. The fraction of sp³-hybridized carbons (Fsp3) is 1.00. The molecule has 0 aliphatic heterocycles. The number of hydrogen-bond donors (Lipinski definition) is 0. The third-order valence-electron chi connectivity index (χ3n) is 4.49. The first-order valence-corrected chi connectivity index (χ1v) is 9.97. The van der Waals surface area contributed by atoms with Gasteiger partial charge < -0.3 is 0 Å². The van der Waals surface area contributed by atoms with E-state index < -0.39 is 0 Å². The van der Waals surface area contributed by atoms with E-state index in [2.05, 4.69) is 13.8 Å². The predicted octanol–water partition coefficient (Wildman–Crippen LogP) is 7.46. The van der Waals surface area contributed by atoms with Gasteiger partial charge >= 0.3 is 0 Å². The van der Waals surface area contributed by atoms with E-state index in [9.17, 15) is 5.11 Å². The molecular weight excluding hydrogens is 256 g/mol. The third-order valence-corrected chi connectivity index (χ3v) is 4.49. The molecule has 0 saturated heterocycles. The molecule has 1 atom stereocenters. The molecule has 0 spiro atoms. The van der Waals surface area contributed by atoms with Gasteiger partial charge in [-0.15, -0.1) is 0 Å². The second kappa shape index (κ2) is 18.0. The van der Waals surface area contributed by atoms with Gasteiger partial charge in [-0.3, -0.25) is 0 Å². The van der Waals surface area contributed by atoms with E-state index in [-0.39, 0.29) is 6.10 Å². The maximum atomic E-state index is 11.4. The molecule has 0 aliphatic rings. The van der Waals surface area contributed by atoms with Crippen molar-refractivity contribution in [2.75, 3.05) is 0 Å². The highest BCUT2D eigenvalue weighted by Crippen LogP contribution is 2.14. The SMILES string of the molecule is CCCCCCCCCCCCCCCCC([O])CCC. The second-order valence-corrected chi connectivity index (χ2v) is 6.80. The molecule has 127 valence electrons. The van der Waals surface area contributed by atoms with Crippen LogP contribution in [0.3, 0.4) is 0 Å². The van der Waals surface area contributed by atoms with Crippen molar-refractivity contribution < 1.29 is 5.11 Å². The minimum atomic E-state index is -0.285. The molecule has 1 unspecified atom stereocenters. The molecule has 1 heteroatoms. The van der Waals surface area contributed by atoms with E-state index in [1.165, 1.54) is 83.5 Å². The Morgan fingerprint density at radius 2 is 0.857 bits per heavy atom. The van der Waals surface area contributed by atoms with Crippen LogP contribution < -0.4 is 0 Å². The summed E-state index contributed by atoms with van der Waals surface area (Å²) < 4.78 is 0. The molecule has 0 N–H and O–H groups in total. The number of hydrogen-bond acceptors (Lipinski definition) is 0. The van der Waals surface area contributed by atoms with Crippen LogP contribution in [-0.2, 0) is 5.11 Å². The van der Waals surface area contributed by atoms with Crippen LogP contribution in [0.1, 0.15) is 123 Å². The summed E-state index contributed by atoms with van der Waals surface area (Å²) in [6, 6.07) is 0. The fourth-order valence-corrected chi connectivity index (χ4v) is 3.03. The highest BCUT2D eigenvalue weighted by molar-refractivity contribution is 4.55. The van der Waals surface area contributed by atoms with Gasteiger partial charge in [-0.2, -0.15) is 0 Å². The zero-order valence-corrected chi connectivity index (χ0v) is 15.0. The van der Waals surface area contributed by atoms with Crippen LogP contribution >= 0.6 is 0 Å². The van der Waals surface area contributed by atoms with Gasteiger partial charge in [0.1, 0.15) is 0 Å². The lowest BCUT2D eigenvalue weighted by molar-refractivity contribution is 0.0706. The van der Waals surface area contributed by atoms with E-state index >= 15 is 0 Å². The second-order valence-electron chi connectivity index (χ2n) is 6.80. The van der Waals surface area contributed by atoms with Crippen molar-refractivity contribution in [3.05, 3.63) is 0 Å². The Labute approximate surface area is 134 Å². The molecule has 21 heavy (non-hydrogen) atoms. The quantitative estimate of drug-likeness (QED) is 0.248. The Morgan fingerprint density at radius 1 is 0.476 bits per heavy atom. The molecule has 0 fully saturated rings. The molecule has 0 aromatic rings. The Balaban J connectivity index is 2.99. The van der Waals surface area contributed by atoms with Crippen molar-refractivity contribution in [3.63, 3.8) is 0 Å². The molecule has 0 rings (SSSR count). The van der Waals surface area contributed by atoms with Crippen molar-refractivity contribution in [3.8, 4) is 0 Å². The maximum Gasteiger partial charge on any atom is 0.0930 e. The van der Waals surface area contributed by atoms with E-state index in [1.807, 2.05) is 0 Å². The van der Waals surface area contributed by atoms with Crippen LogP contribution in [0.25, 0.3) is 0 Å². The summed E-state index contributed by atoms with van der Waals surface area (Å²) in [7, 11) is 0. The van der Waals surface area contributed by atoms with Crippen LogP contribution in [0.5, 0.6) is 0 Å². The van der Waals surface area contributed by atoms with Crippen LogP contribution in [0.15, 0.2) is 0 Å². The van der Waals surface area contributed by atoms with Crippen LogP contribution in [0.4, 0.5) is 0 Å². The van der Waals surface area contributed by atoms with Gasteiger partial charge in [-0.25, -0.2) is 5.11 Å². The van der Waals surface area contributed by atoms with Gasteiger partial charge in [0.25, 0.3) is 0 Å². The zero-order valence-electron chi connectivity index (χ0n) is 15.0. The lowest BCUT2D eigenvalue weighted by atomic mass is 10.0. The van der Waals surface area contributed by atoms with Crippen molar-refractivity contribution in [1.82, 2.24) is 0 Å². The summed E-state index contributed by atoms with van der Waals surface area (Å²) in [4.78, 5) is 0. The largest absolute Gasteiger partial charge is 0.233 e. The van der Waals surface area contributed by atoms with Crippen molar-refractivity contribution in [2.45, 2.75) is 129 Å². The lowest BCUT2D eigenvalue weighted by Gasteiger charge is -2.06. The van der Waals surface area contributed by atoms with Crippen LogP contribution in [0.2, 0.25) is 0 Å². The number of rotatable bonds is 17. The predicted molar refractivity (Wildman–Crippen MR) is 94.3 cm³/mol. The van der Waals surface area contributed by atoms with Gasteiger partial charge in [-0.05, 0) is 12.8 Å². The first-order chi connectivity index (χ1) is 10.3. The van der Waals surface area contributed by atoms with Crippen molar-refractivity contribution >= 4 is 0 Å². The maximum absolute atomic E-state index is 11.4. The Hall–Kier alpha value is -0.0400. The van der Waals surface area contributed by atoms with Gasteiger partial charge in [-0.1, -0.05) is 110 Å². The van der Waals surface area contributed by atoms with Crippen LogP contribution in [0, 0.1) is 0 Å². The molecule has 1 nitrogen and oxygen atoms in total. The van der Waals surface area contributed by atoms with E-state index in [0.717, 1.165) is 25.7 Å². The summed E-state index contributed by atoms with van der Waals surface area (Å²) in [6.07, 6.45) is 22.0. The van der Waals surface area contributed by atoms with Gasteiger partial charge in [0.2, 0.25) is 0 Å². The van der Waals surface area contributed by atoms with Crippen LogP contribution in [-0.4, -0.2) is 6.10 Å². The minimum Gasteiger partial charge on any atom is -0.233 e. The molecular formula is C20H41O. The first kappa shape index (κ1) is 21.0. The molecule has 0 aliphatic carbocycles. The average Bonchev–Trinajstić information content (AvgIpc) is 2.48. The lowest BCUT2D eigenvalue weighted by Crippen LogP contribution is -2.02. The summed E-state index contributed by atoms with van der Waals surface area (Å²) in [6.45, 7) is 4.39. The smallest absolute Gasteiger partial charge is 0.0930 e. The topological polar surface area (TPSA) is 19.9 Å². The normalized spacial score (nSPS) is 12.7. The van der Waals surface area contributed by atoms with E-state index in [0.29, 0.717) is 0 Å². The molecule has 0 aromatic heterocycles. The Morgan fingerprint density at radius 3 is 1.24 bits per heavy atom. The molecule has 0 bridgehead atoms. The molecule has 1 radical (unpaired) electrons. The first-order valence-electron chi connectivity index (χ1n) is 9.97. The summed E-state index contributed by atoms with van der Waals surface area (Å²) in [5.41, 5.74) is 0. The Kier molecular flexibility index (Phi) is 18.0. The molecule has 0 heterocycles. The average molecular weight is 298 g/mol. The Bertz CT molecular complexity index is 179. The highest BCUT2D eigenvalue weighted by atomic mass is 16.3. The van der Waals surface area contributed by atoms with Crippen molar-refractivity contribution in [1.29, 1.82) is 0 Å². The highest BCUT2D eigenvalue weighted by Gasteiger charge is 2.03. The third kappa shape index (κ3) is 17.9. The monoisotopic (exact) mass is 297 g/mol. The molecule has 0 saturated carbocycles. The zero-order chi connectivity index (χ0) is 15.6. The number of unbranched alkanes of at least 4 members (excludes halogenated alkanes) is 13. The van der Waals surface area contributed by atoms with E-state index in [1.54, 1.807) is 0 Å². The summed E-state index contributed by atoms with van der Waals surface area (Å²) in [5.74, 6) is 0. The van der Waals surface area contributed by atoms with Gasteiger partial charge in [0.15, 0.2) is 0 Å². The van der Waals surface area contributed by atoms with Crippen molar-refractivity contribution in [2.24, 2.45) is 0 Å². The van der Waals surface area contributed by atoms with E-state index in [4.69, 9.17) is 0 Å². The standard InChI is InChI=1S/C20H41O/c1-3-5-6-7-8-9-10-11-12-13-14-15-16-17-19-20(21)18-4-2/h20H,3-19H2,1-2H3. The van der Waals surface area contributed by atoms with Gasteiger partial charge in [0, 0.05) is 0 Å². The fourth-order valence-electron chi connectivity index (χ4n) is 3.03. The molecule has 0 aromatic carbocycles. The minimum absolute atomic E-state index is 0.285. The summed E-state index contributed by atoms with van der Waals surface area (Å²) in [5, 5.41) is 11.4. The van der Waals surface area contributed by atoms with Gasteiger partial charge in [0.05, 0.1) is 6.10 Å².